The largest absolute Gasteiger partial charge is 0.292 e. The molecule has 1 aromatic rings. The fraction of sp³-hybridized carbons (Fsp3) is 0.333. The van der Waals surface area contributed by atoms with Crippen molar-refractivity contribution in [3.8, 4) is 6.07 Å². The molecule has 0 N–H and O–H groups in total. The highest BCUT2D eigenvalue weighted by atomic mass is 16.6. The second-order valence-corrected chi connectivity index (χ2v) is 3.61. The van der Waals surface area contributed by atoms with Gasteiger partial charge in [-0.25, -0.2) is 0 Å². The summed E-state index contributed by atoms with van der Waals surface area (Å²) >= 11 is 0. The molecule has 1 aromatic carbocycles. The average Bonchev–Trinajstić information content (AvgIpc) is 2.35. The van der Waals surface area contributed by atoms with Gasteiger partial charge in [-0.05, 0) is 12.5 Å². The lowest BCUT2D eigenvalue weighted by atomic mass is 9.94. The molecule has 0 aliphatic rings. The third kappa shape index (κ3) is 2.88. The number of carbonyl (C=O) groups excluding carboxylic acids is 1. The van der Waals surface area contributed by atoms with Gasteiger partial charge in [0.1, 0.15) is 5.92 Å². The van der Waals surface area contributed by atoms with Crippen LogP contribution < -0.4 is 0 Å². The van der Waals surface area contributed by atoms with Crippen LogP contribution in [0.2, 0.25) is 0 Å². The summed E-state index contributed by atoms with van der Waals surface area (Å²) in [7, 11) is 0. The third-order valence-corrected chi connectivity index (χ3v) is 2.42. The molecule has 0 aliphatic heterocycles. The topological polar surface area (TPSA) is 84.0 Å². The molecule has 0 amide bonds. The van der Waals surface area contributed by atoms with Gasteiger partial charge in [-0.15, -0.1) is 0 Å². The van der Waals surface area contributed by atoms with Gasteiger partial charge in [0.05, 0.1) is 16.6 Å². The van der Waals surface area contributed by atoms with Gasteiger partial charge in [0.15, 0.2) is 5.78 Å². The number of ketones is 1. The first-order valence-corrected chi connectivity index (χ1v) is 5.29. The Morgan fingerprint density at radius 1 is 1.53 bits per heavy atom. The van der Waals surface area contributed by atoms with E-state index in [4.69, 9.17) is 5.26 Å². The molecule has 0 fully saturated rings. The van der Waals surface area contributed by atoms with E-state index in [9.17, 15) is 14.9 Å². The number of nitrogens with zero attached hydrogens (tertiary/aromatic N) is 2. The van der Waals surface area contributed by atoms with E-state index in [1.165, 1.54) is 18.2 Å². The average molecular weight is 232 g/mol. The van der Waals surface area contributed by atoms with Gasteiger partial charge < -0.3 is 0 Å². The maximum Gasteiger partial charge on any atom is 0.280 e. The second-order valence-electron chi connectivity index (χ2n) is 3.61. The van der Waals surface area contributed by atoms with Crippen LogP contribution >= 0.6 is 0 Å². The van der Waals surface area contributed by atoms with Crippen molar-refractivity contribution in [3.63, 3.8) is 0 Å². The zero-order valence-corrected chi connectivity index (χ0v) is 9.42. The van der Waals surface area contributed by atoms with Crippen LogP contribution in [-0.4, -0.2) is 10.7 Å². The summed E-state index contributed by atoms with van der Waals surface area (Å²) in [5.74, 6) is -1.28. The van der Waals surface area contributed by atoms with Crippen LogP contribution in [0.25, 0.3) is 0 Å². The molecule has 1 rings (SSSR count). The SMILES string of the molecule is CCCC(C#N)C(=O)c1ccccc1[N+](=O)[O-]. The zero-order chi connectivity index (χ0) is 12.8. The van der Waals surface area contributed by atoms with Crippen LogP contribution in [0, 0.1) is 27.4 Å². The van der Waals surface area contributed by atoms with Gasteiger partial charge in [-0.2, -0.15) is 5.26 Å². The summed E-state index contributed by atoms with van der Waals surface area (Å²) in [6, 6.07) is 7.61. The molecule has 88 valence electrons. The van der Waals surface area contributed by atoms with E-state index in [1.54, 1.807) is 6.07 Å². The highest BCUT2D eigenvalue weighted by Gasteiger charge is 2.25. The number of rotatable bonds is 5. The first kappa shape index (κ1) is 12.8. The van der Waals surface area contributed by atoms with Gasteiger partial charge in [0.2, 0.25) is 0 Å². The Bertz CT molecular complexity index is 477. The van der Waals surface area contributed by atoms with Crippen LogP contribution in [-0.2, 0) is 0 Å². The number of benzene rings is 1. The fourth-order valence-electron chi connectivity index (χ4n) is 1.57. The lowest BCUT2D eigenvalue weighted by Gasteiger charge is -2.06. The molecule has 0 heterocycles. The number of nitriles is 1. The fourth-order valence-corrected chi connectivity index (χ4v) is 1.57. The summed E-state index contributed by atoms with van der Waals surface area (Å²) in [5.41, 5.74) is -0.230. The molecule has 0 saturated carbocycles. The van der Waals surface area contributed by atoms with Crippen LogP contribution in [0.15, 0.2) is 24.3 Å². The van der Waals surface area contributed by atoms with E-state index >= 15 is 0 Å². The van der Waals surface area contributed by atoms with E-state index in [0.717, 1.165) is 0 Å². The first-order valence-electron chi connectivity index (χ1n) is 5.29. The Balaban J connectivity index is 3.12. The first-order chi connectivity index (χ1) is 8.11. The van der Waals surface area contributed by atoms with Crippen molar-refractivity contribution in [3.05, 3.63) is 39.9 Å². The minimum absolute atomic E-state index is 0.0116. The lowest BCUT2D eigenvalue weighted by Crippen LogP contribution is -2.14. The molecule has 5 nitrogen and oxygen atoms in total. The Hall–Kier alpha value is -2.22. The van der Waals surface area contributed by atoms with Crippen molar-refractivity contribution in [1.82, 2.24) is 0 Å². The highest BCUT2D eigenvalue weighted by molar-refractivity contribution is 6.02. The summed E-state index contributed by atoms with van der Waals surface area (Å²) in [4.78, 5) is 22.1. The van der Waals surface area contributed by atoms with E-state index in [0.29, 0.717) is 12.8 Å². The van der Waals surface area contributed by atoms with Crippen molar-refractivity contribution in [2.75, 3.05) is 0 Å². The Kier molecular flexibility index (Phi) is 4.35. The molecule has 0 aliphatic carbocycles. The van der Waals surface area contributed by atoms with Crippen molar-refractivity contribution < 1.29 is 9.72 Å². The monoisotopic (exact) mass is 232 g/mol. The van der Waals surface area contributed by atoms with E-state index in [2.05, 4.69) is 0 Å². The molecule has 0 radical (unpaired) electrons. The normalized spacial score (nSPS) is 11.5. The predicted molar refractivity (Wildman–Crippen MR) is 61.4 cm³/mol. The maximum atomic E-state index is 12.0. The molecule has 0 aromatic heterocycles. The van der Waals surface area contributed by atoms with Crippen molar-refractivity contribution in [1.29, 1.82) is 5.26 Å². The van der Waals surface area contributed by atoms with E-state index in [-0.39, 0.29) is 11.3 Å². The Labute approximate surface area is 98.8 Å². The Morgan fingerprint density at radius 3 is 2.71 bits per heavy atom. The minimum Gasteiger partial charge on any atom is -0.292 e. The Morgan fingerprint density at radius 2 is 2.18 bits per heavy atom. The number of nitro benzene ring substituents is 1. The molecular formula is C12H12N2O3. The van der Waals surface area contributed by atoms with Gasteiger partial charge in [-0.1, -0.05) is 25.5 Å². The number of para-hydroxylation sites is 1. The minimum atomic E-state index is -0.805. The number of Topliss-reactive ketones (excluding diaryl/α,β-unsaturated/α-hetero) is 1. The maximum absolute atomic E-state index is 12.0. The van der Waals surface area contributed by atoms with Crippen LogP contribution in [0.1, 0.15) is 30.1 Å². The van der Waals surface area contributed by atoms with Crippen molar-refractivity contribution >= 4 is 11.5 Å². The van der Waals surface area contributed by atoms with E-state index in [1.807, 2.05) is 13.0 Å². The second kappa shape index (κ2) is 5.75. The molecular weight excluding hydrogens is 220 g/mol. The lowest BCUT2D eigenvalue weighted by molar-refractivity contribution is -0.385. The summed E-state index contributed by atoms with van der Waals surface area (Å²) in [6.07, 6.45) is 1.10. The number of hydrogen-bond donors (Lipinski definition) is 0. The van der Waals surface area contributed by atoms with Crippen molar-refractivity contribution in [2.24, 2.45) is 5.92 Å². The van der Waals surface area contributed by atoms with Crippen LogP contribution in [0.4, 0.5) is 5.69 Å². The molecule has 0 saturated heterocycles. The van der Waals surface area contributed by atoms with Crippen LogP contribution in [0.3, 0.4) is 0 Å². The molecule has 1 atom stereocenters. The van der Waals surface area contributed by atoms with Gasteiger partial charge in [0.25, 0.3) is 5.69 Å². The molecule has 1 unspecified atom stereocenters. The number of hydrogen-bond acceptors (Lipinski definition) is 4. The molecule has 5 heteroatoms. The number of carbonyl (C=O) groups is 1. The van der Waals surface area contributed by atoms with Crippen molar-refractivity contribution in [2.45, 2.75) is 19.8 Å². The smallest absolute Gasteiger partial charge is 0.280 e. The quantitative estimate of drug-likeness (QED) is 0.444. The van der Waals surface area contributed by atoms with Gasteiger partial charge in [-0.3, -0.25) is 14.9 Å². The number of nitro groups is 1. The van der Waals surface area contributed by atoms with Gasteiger partial charge in [0, 0.05) is 6.07 Å². The molecule has 0 spiro atoms. The summed E-state index contributed by atoms with van der Waals surface area (Å²) in [5, 5.41) is 19.6. The van der Waals surface area contributed by atoms with Crippen LogP contribution in [0.5, 0.6) is 0 Å². The molecule has 0 bridgehead atoms. The summed E-state index contributed by atoms with van der Waals surface area (Å²) < 4.78 is 0. The zero-order valence-electron chi connectivity index (χ0n) is 9.42. The highest BCUT2D eigenvalue weighted by Crippen LogP contribution is 2.22. The standard InChI is InChI=1S/C12H12N2O3/c1-2-5-9(8-13)12(15)10-6-3-4-7-11(10)14(16)17/h3-4,6-7,9H,2,5H2,1H3. The predicted octanol–water partition coefficient (Wildman–Crippen LogP) is 2.72. The third-order valence-electron chi connectivity index (χ3n) is 2.42. The molecule has 17 heavy (non-hydrogen) atoms. The van der Waals surface area contributed by atoms with Gasteiger partial charge >= 0.3 is 0 Å². The summed E-state index contributed by atoms with van der Waals surface area (Å²) in [6.45, 7) is 1.86. The van der Waals surface area contributed by atoms with E-state index < -0.39 is 16.6 Å².